The average Bonchev–Trinajstić information content (AvgIpc) is 2.96. The van der Waals surface area contributed by atoms with Crippen molar-refractivity contribution >= 4 is 0 Å². The van der Waals surface area contributed by atoms with E-state index in [-0.39, 0.29) is 21.7 Å². The van der Waals surface area contributed by atoms with Crippen LogP contribution in [0.15, 0.2) is 47.6 Å². The van der Waals surface area contributed by atoms with Gasteiger partial charge in [0.05, 0.1) is 0 Å². The third-order valence-corrected chi connectivity index (χ3v) is 14.9. The zero-order valence-corrected chi connectivity index (χ0v) is 26.8. The van der Waals surface area contributed by atoms with Gasteiger partial charge in [-0.05, 0) is 114 Å². The Labute approximate surface area is 231 Å². The minimum Gasteiger partial charge on any atom is -0.0998 e. The molecule has 208 valence electrons. The Morgan fingerprint density at radius 1 is 0.892 bits per heavy atom. The second kappa shape index (κ2) is 8.73. The van der Waals surface area contributed by atoms with Crippen LogP contribution in [-0.4, -0.2) is 0 Å². The van der Waals surface area contributed by atoms with Gasteiger partial charge in [-0.1, -0.05) is 113 Å². The van der Waals surface area contributed by atoms with Gasteiger partial charge in [0.2, 0.25) is 0 Å². The first kappa shape index (κ1) is 29.0. The predicted octanol–water partition coefficient (Wildman–Crippen LogP) is 11.4. The van der Waals surface area contributed by atoms with Crippen molar-refractivity contribution < 1.29 is 0 Å². The maximum Gasteiger partial charge on any atom is 0.00123 e. The van der Waals surface area contributed by atoms with Crippen molar-refractivity contribution in [3.8, 4) is 0 Å². The van der Waals surface area contributed by atoms with E-state index in [4.69, 9.17) is 0 Å². The third-order valence-electron chi connectivity index (χ3n) is 14.9. The van der Waals surface area contributed by atoms with E-state index < -0.39 is 0 Å². The van der Waals surface area contributed by atoms with Crippen molar-refractivity contribution in [3.05, 3.63) is 47.6 Å². The SMILES string of the molecule is C=C(CCC(C(=C)C)[C@@]1(C)C[C@H](C)[C@@]2(C)C3=CC[C@@]4(C)C(C)(C)[C@@H](C)CC[C@]4(C)C3=CC[C@]12C)C(C)C. The Kier molecular flexibility index (Phi) is 6.83. The number of hydrogen-bond donors (Lipinski definition) is 0. The molecule has 0 heteroatoms. The lowest BCUT2D eigenvalue weighted by Crippen LogP contribution is -2.59. The van der Waals surface area contributed by atoms with Crippen molar-refractivity contribution in [3.63, 3.8) is 0 Å². The van der Waals surface area contributed by atoms with Crippen LogP contribution in [0, 0.1) is 56.2 Å². The highest BCUT2D eigenvalue weighted by molar-refractivity contribution is 5.52. The lowest BCUT2D eigenvalue weighted by molar-refractivity contribution is -0.110. The predicted molar refractivity (Wildman–Crippen MR) is 163 cm³/mol. The zero-order valence-electron chi connectivity index (χ0n) is 26.8. The Bertz CT molecular complexity index is 1030. The average molecular weight is 505 g/mol. The second-order valence-corrected chi connectivity index (χ2v) is 16.3. The standard InChI is InChI=1S/C37H60/c1-24(2)26(5)15-16-29(25(3)4)34(11)23-28(7)37(14)31-19-21-35(12)32(8,9)27(6)17-20-33(35,10)30(31)18-22-36(34,37)13/h18-19,24,27-29H,3,5,15-17,20-23H2,1-2,4,6-14H3/t27-,28-,29?,33+,34+,35-,36+,37-/m0/s1. The fourth-order valence-corrected chi connectivity index (χ4v) is 10.6. The Morgan fingerprint density at radius 2 is 1.46 bits per heavy atom. The van der Waals surface area contributed by atoms with Gasteiger partial charge in [-0.3, -0.25) is 0 Å². The highest BCUT2D eigenvalue weighted by atomic mass is 14.7. The number of allylic oxidation sites excluding steroid dienone is 6. The van der Waals surface area contributed by atoms with Gasteiger partial charge in [-0.2, -0.15) is 0 Å². The molecule has 0 N–H and O–H groups in total. The van der Waals surface area contributed by atoms with Gasteiger partial charge in [0.1, 0.15) is 0 Å². The van der Waals surface area contributed by atoms with Crippen LogP contribution in [0.2, 0.25) is 0 Å². The van der Waals surface area contributed by atoms with Gasteiger partial charge >= 0.3 is 0 Å². The monoisotopic (exact) mass is 504 g/mol. The molecule has 4 rings (SSSR count). The zero-order chi connectivity index (χ0) is 28.0. The summed E-state index contributed by atoms with van der Waals surface area (Å²) in [7, 11) is 0. The molecule has 0 spiro atoms. The summed E-state index contributed by atoms with van der Waals surface area (Å²) in [5, 5.41) is 0. The summed E-state index contributed by atoms with van der Waals surface area (Å²) < 4.78 is 0. The molecule has 2 saturated carbocycles. The van der Waals surface area contributed by atoms with E-state index in [1.807, 2.05) is 0 Å². The van der Waals surface area contributed by atoms with Crippen LogP contribution in [0.5, 0.6) is 0 Å². The number of fused-ring (bicyclic) bond motifs is 5. The van der Waals surface area contributed by atoms with Crippen molar-refractivity contribution in [2.45, 2.75) is 128 Å². The van der Waals surface area contributed by atoms with Crippen molar-refractivity contribution in [1.82, 2.24) is 0 Å². The summed E-state index contributed by atoms with van der Waals surface area (Å²) in [5.74, 6) is 2.53. The van der Waals surface area contributed by atoms with Gasteiger partial charge in [0, 0.05) is 5.41 Å². The topological polar surface area (TPSA) is 0 Å². The lowest BCUT2D eigenvalue weighted by Gasteiger charge is -2.67. The molecule has 37 heavy (non-hydrogen) atoms. The van der Waals surface area contributed by atoms with Crippen molar-refractivity contribution in [2.24, 2.45) is 56.2 Å². The molecular weight excluding hydrogens is 444 g/mol. The quantitative estimate of drug-likeness (QED) is 0.315. The van der Waals surface area contributed by atoms with E-state index in [0.29, 0.717) is 28.6 Å². The summed E-state index contributed by atoms with van der Waals surface area (Å²) in [5.41, 5.74) is 7.80. The summed E-state index contributed by atoms with van der Waals surface area (Å²) in [6, 6.07) is 0. The molecule has 4 aliphatic rings. The number of rotatable bonds is 6. The maximum absolute atomic E-state index is 4.60. The molecule has 0 amide bonds. The second-order valence-electron chi connectivity index (χ2n) is 16.3. The molecule has 0 aromatic rings. The minimum absolute atomic E-state index is 0.201. The molecule has 0 saturated heterocycles. The summed E-state index contributed by atoms with van der Waals surface area (Å²) in [4.78, 5) is 0. The van der Waals surface area contributed by atoms with E-state index in [2.05, 4.69) is 108 Å². The van der Waals surface area contributed by atoms with Gasteiger partial charge < -0.3 is 0 Å². The molecule has 0 radical (unpaired) electrons. The first-order valence-electron chi connectivity index (χ1n) is 15.6. The Balaban J connectivity index is 1.81. The van der Waals surface area contributed by atoms with Gasteiger partial charge in [-0.15, -0.1) is 0 Å². The van der Waals surface area contributed by atoms with Crippen LogP contribution in [0.25, 0.3) is 0 Å². The molecule has 2 fully saturated rings. The largest absolute Gasteiger partial charge is 0.0998 e. The molecule has 0 bridgehead atoms. The summed E-state index contributed by atoms with van der Waals surface area (Å²) in [6.45, 7) is 39.4. The van der Waals surface area contributed by atoms with Crippen LogP contribution in [-0.2, 0) is 0 Å². The fraction of sp³-hybridized carbons (Fsp3) is 0.784. The minimum atomic E-state index is 0.201. The summed E-state index contributed by atoms with van der Waals surface area (Å²) >= 11 is 0. The van der Waals surface area contributed by atoms with E-state index in [1.54, 1.807) is 11.1 Å². The van der Waals surface area contributed by atoms with E-state index in [0.717, 1.165) is 12.3 Å². The Hall–Kier alpha value is -1.04. The van der Waals surface area contributed by atoms with Crippen LogP contribution in [0.1, 0.15) is 128 Å². The van der Waals surface area contributed by atoms with Crippen LogP contribution in [0.3, 0.4) is 0 Å². The molecule has 0 heterocycles. The molecule has 0 aromatic heterocycles. The van der Waals surface area contributed by atoms with Gasteiger partial charge in [0.25, 0.3) is 0 Å². The maximum atomic E-state index is 4.60. The molecule has 4 aliphatic carbocycles. The van der Waals surface area contributed by atoms with E-state index in [9.17, 15) is 0 Å². The normalized spacial score (nSPS) is 45.3. The molecule has 0 aromatic carbocycles. The Morgan fingerprint density at radius 3 is 2.03 bits per heavy atom. The highest BCUT2D eigenvalue weighted by Gasteiger charge is 2.71. The fourth-order valence-electron chi connectivity index (χ4n) is 10.6. The highest BCUT2D eigenvalue weighted by Crippen LogP contribution is 2.79. The van der Waals surface area contributed by atoms with Crippen molar-refractivity contribution in [1.29, 1.82) is 0 Å². The first-order chi connectivity index (χ1) is 16.8. The first-order valence-corrected chi connectivity index (χ1v) is 15.6. The van der Waals surface area contributed by atoms with Gasteiger partial charge in [-0.25, -0.2) is 0 Å². The smallest absolute Gasteiger partial charge is 0.00123 e. The molecular formula is C37H60. The lowest BCUT2D eigenvalue weighted by atomic mass is 9.36. The molecule has 1 unspecified atom stereocenters. The van der Waals surface area contributed by atoms with Crippen LogP contribution < -0.4 is 0 Å². The van der Waals surface area contributed by atoms with E-state index in [1.165, 1.54) is 49.7 Å². The van der Waals surface area contributed by atoms with E-state index >= 15 is 0 Å². The summed E-state index contributed by atoms with van der Waals surface area (Å²) in [6.07, 6.45) is 14.2. The van der Waals surface area contributed by atoms with Gasteiger partial charge in [0.15, 0.2) is 0 Å². The van der Waals surface area contributed by atoms with Crippen LogP contribution >= 0.6 is 0 Å². The van der Waals surface area contributed by atoms with Crippen LogP contribution in [0.4, 0.5) is 0 Å². The molecule has 8 atom stereocenters. The molecule has 0 nitrogen and oxygen atoms in total. The van der Waals surface area contributed by atoms with Crippen molar-refractivity contribution in [2.75, 3.05) is 0 Å². The number of hydrogen-bond acceptors (Lipinski definition) is 0. The molecule has 0 aliphatic heterocycles. The third kappa shape index (κ3) is 3.45.